The Morgan fingerprint density at radius 3 is 2.49 bits per heavy atom. The van der Waals surface area contributed by atoms with E-state index in [1.165, 1.54) is 12.1 Å². The summed E-state index contributed by atoms with van der Waals surface area (Å²) in [5.41, 5.74) is 2.65. The molecule has 2 amide bonds. The Morgan fingerprint density at radius 2 is 1.79 bits per heavy atom. The van der Waals surface area contributed by atoms with Crippen molar-refractivity contribution in [1.82, 2.24) is 9.80 Å². The Labute approximate surface area is 227 Å². The molecule has 206 valence electrons. The maximum absolute atomic E-state index is 14.0. The standard InChI is InChI=1S/C30H33FN2O6/c1-3-37-29(36)27-20(2)33(26(34)18-25(27)22-7-5-9-24(31)17-22)19-21-6-4-8-23(16-21)28(35)32-12-10-30(11-13-32)38-14-15-39-30/h4-9,16-17,25H,3,10-15,18-19H2,1-2H3. The summed E-state index contributed by atoms with van der Waals surface area (Å²) in [4.78, 5) is 43.0. The molecule has 2 aromatic rings. The number of piperidine rings is 1. The summed E-state index contributed by atoms with van der Waals surface area (Å²) in [5.74, 6) is -2.39. The molecule has 2 fully saturated rings. The van der Waals surface area contributed by atoms with Gasteiger partial charge >= 0.3 is 5.97 Å². The fourth-order valence-electron chi connectivity index (χ4n) is 5.69. The van der Waals surface area contributed by atoms with Gasteiger partial charge in [-0.3, -0.25) is 9.59 Å². The van der Waals surface area contributed by atoms with Crippen molar-refractivity contribution in [3.05, 3.63) is 82.3 Å². The lowest BCUT2D eigenvalue weighted by Crippen LogP contribution is -2.47. The third kappa shape index (κ3) is 5.60. The number of allylic oxidation sites excluding steroid dienone is 1. The molecular weight excluding hydrogens is 503 g/mol. The lowest BCUT2D eigenvalue weighted by Gasteiger charge is -2.37. The van der Waals surface area contributed by atoms with E-state index in [0.717, 1.165) is 5.56 Å². The third-order valence-corrected chi connectivity index (χ3v) is 7.71. The smallest absolute Gasteiger partial charge is 0.336 e. The molecule has 3 aliphatic heterocycles. The number of hydrogen-bond acceptors (Lipinski definition) is 6. The molecule has 0 bridgehead atoms. The number of esters is 1. The number of benzene rings is 2. The van der Waals surface area contributed by atoms with Crippen molar-refractivity contribution in [2.45, 2.75) is 51.4 Å². The summed E-state index contributed by atoms with van der Waals surface area (Å²) in [5, 5.41) is 0. The summed E-state index contributed by atoms with van der Waals surface area (Å²) in [7, 11) is 0. The highest BCUT2D eigenvalue weighted by molar-refractivity contribution is 5.96. The Bertz CT molecular complexity index is 1290. The van der Waals surface area contributed by atoms with Gasteiger partial charge in [-0.25, -0.2) is 9.18 Å². The van der Waals surface area contributed by atoms with Crippen LogP contribution in [0.2, 0.25) is 0 Å². The normalized spacial score (nSPS) is 21.0. The molecule has 9 heteroatoms. The number of rotatable bonds is 6. The molecule has 1 atom stereocenters. The van der Waals surface area contributed by atoms with Crippen molar-refractivity contribution in [1.29, 1.82) is 0 Å². The van der Waals surface area contributed by atoms with Crippen molar-refractivity contribution in [3.63, 3.8) is 0 Å². The molecule has 0 aromatic heterocycles. The monoisotopic (exact) mass is 536 g/mol. The quantitative estimate of drug-likeness (QED) is 0.516. The van der Waals surface area contributed by atoms with Gasteiger partial charge in [0.05, 0.1) is 31.9 Å². The van der Waals surface area contributed by atoms with E-state index >= 15 is 0 Å². The Hall–Kier alpha value is -3.56. The van der Waals surface area contributed by atoms with E-state index in [0.29, 0.717) is 61.5 Å². The number of ether oxygens (including phenoxy) is 3. The number of amides is 2. The lowest BCUT2D eigenvalue weighted by atomic mass is 9.83. The summed E-state index contributed by atoms with van der Waals surface area (Å²) in [6.45, 7) is 6.05. The van der Waals surface area contributed by atoms with Crippen molar-refractivity contribution in [2.75, 3.05) is 32.9 Å². The van der Waals surface area contributed by atoms with Crippen LogP contribution in [0.15, 0.2) is 59.8 Å². The Morgan fingerprint density at radius 1 is 1.08 bits per heavy atom. The number of likely N-dealkylation sites (tertiary alicyclic amines) is 1. The minimum atomic E-state index is -0.605. The molecular formula is C30H33FN2O6. The van der Waals surface area contributed by atoms with E-state index in [-0.39, 0.29) is 31.4 Å². The molecule has 3 heterocycles. The zero-order valence-corrected chi connectivity index (χ0v) is 22.3. The van der Waals surface area contributed by atoms with Gasteiger partial charge in [0.25, 0.3) is 5.91 Å². The second-order valence-electron chi connectivity index (χ2n) is 10.1. The van der Waals surface area contributed by atoms with Crippen molar-refractivity contribution in [2.24, 2.45) is 0 Å². The number of hydrogen-bond donors (Lipinski definition) is 0. The van der Waals surface area contributed by atoms with Crippen LogP contribution in [-0.4, -0.2) is 66.3 Å². The summed E-state index contributed by atoms with van der Waals surface area (Å²) >= 11 is 0. The third-order valence-electron chi connectivity index (χ3n) is 7.71. The minimum Gasteiger partial charge on any atom is -0.463 e. The van der Waals surface area contributed by atoms with Crippen LogP contribution >= 0.6 is 0 Å². The largest absolute Gasteiger partial charge is 0.463 e. The predicted molar refractivity (Wildman–Crippen MR) is 140 cm³/mol. The summed E-state index contributed by atoms with van der Waals surface area (Å²) in [6, 6.07) is 13.2. The first-order chi connectivity index (χ1) is 18.8. The molecule has 1 spiro atoms. The number of nitrogens with zero attached hydrogens (tertiary/aromatic N) is 2. The topological polar surface area (TPSA) is 85.4 Å². The number of carbonyl (C=O) groups excluding carboxylic acids is 3. The molecule has 2 aromatic carbocycles. The lowest BCUT2D eigenvalue weighted by molar-refractivity contribution is -0.181. The second kappa shape index (κ2) is 11.3. The van der Waals surface area contributed by atoms with Crippen LogP contribution in [0, 0.1) is 5.82 Å². The van der Waals surface area contributed by atoms with E-state index in [2.05, 4.69) is 0 Å². The van der Waals surface area contributed by atoms with Crippen LogP contribution < -0.4 is 0 Å². The second-order valence-corrected chi connectivity index (χ2v) is 10.1. The van der Waals surface area contributed by atoms with Crippen molar-refractivity contribution in [3.8, 4) is 0 Å². The average molecular weight is 537 g/mol. The van der Waals surface area contributed by atoms with Gasteiger partial charge in [0.1, 0.15) is 5.82 Å². The van der Waals surface area contributed by atoms with Crippen LogP contribution in [-0.2, 0) is 30.3 Å². The van der Waals surface area contributed by atoms with Gasteiger partial charge < -0.3 is 24.0 Å². The maximum atomic E-state index is 14.0. The van der Waals surface area contributed by atoms with Gasteiger partial charge in [0.15, 0.2) is 5.79 Å². The van der Waals surface area contributed by atoms with Crippen molar-refractivity contribution < 1.29 is 33.0 Å². The number of halogens is 1. The van der Waals surface area contributed by atoms with Crippen LogP contribution in [0.3, 0.4) is 0 Å². The summed E-state index contributed by atoms with van der Waals surface area (Å²) in [6.07, 6.45) is 1.27. The highest BCUT2D eigenvalue weighted by atomic mass is 19.1. The first-order valence-electron chi connectivity index (χ1n) is 13.4. The highest BCUT2D eigenvalue weighted by Gasteiger charge is 2.41. The van der Waals surface area contributed by atoms with Crippen LogP contribution in [0.4, 0.5) is 4.39 Å². The van der Waals surface area contributed by atoms with E-state index < -0.39 is 23.5 Å². The van der Waals surface area contributed by atoms with Gasteiger partial charge in [-0.05, 0) is 49.2 Å². The van der Waals surface area contributed by atoms with E-state index in [4.69, 9.17) is 14.2 Å². The van der Waals surface area contributed by atoms with Crippen LogP contribution in [0.1, 0.15) is 60.5 Å². The fourth-order valence-corrected chi connectivity index (χ4v) is 5.69. The molecule has 0 N–H and O–H groups in total. The van der Waals surface area contributed by atoms with Gasteiger partial charge in [-0.1, -0.05) is 24.3 Å². The molecule has 2 saturated heterocycles. The minimum absolute atomic E-state index is 0.00717. The van der Waals surface area contributed by atoms with Gasteiger partial charge in [0.2, 0.25) is 5.91 Å². The molecule has 5 rings (SSSR count). The molecule has 3 aliphatic rings. The average Bonchev–Trinajstić information content (AvgIpc) is 3.38. The van der Waals surface area contributed by atoms with E-state index in [9.17, 15) is 18.8 Å². The van der Waals surface area contributed by atoms with E-state index in [1.54, 1.807) is 54.0 Å². The fraction of sp³-hybridized carbons (Fsp3) is 0.433. The van der Waals surface area contributed by atoms with Crippen LogP contribution in [0.25, 0.3) is 0 Å². The van der Waals surface area contributed by atoms with Gasteiger partial charge in [0, 0.05) is 49.5 Å². The molecule has 0 saturated carbocycles. The predicted octanol–water partition coefficient (Wildman–Crippen LogP) is 4.16. The molecule has 8 nitrogen and oxygen atoms in total. The van der Waals surface area contributed by atoms with Crippen LogP contribution in [0.5, 0.6) is 0 Å². The zero-order valence-electron chi connectivity index (χ0n) is 22.3. The Kier molecular flexibility index (Phi) is 7.81. The number of carbonyl (C=O) groups is 3. The molecule has 39 heavy (non-hydrogen) atoms. The molecule has 0 aliphatic carbocycles. The zero-order chi connectivity index (χ0) is 27.6. The summed E-state index contributed by atoms with van der Waals surface area (Å²) < 4.78 is 30.9. The van der Waals surface area contributed by atoms with Gasteiger partial charge in [-0.2, -0.15) is 0 Å². The first-order valence-corrected chi connectivity index (χ1v) is 13.4. The van der Waals surface area contributed by atoms with Gasteiger partial charge in [-0.15, -0.1) is 0 Å². The Balaban J connectivity index is 1.36. The molecule has 1 unspecified atom stereocenters. The first kappa shape index (κ1) is 27.0. The molecule has 0 radical (unpaired) electrons. The SMILES string of the molecule is CCOC(=O)C1=C(C)N(Cc2cccc(C(=O)N3CCC4(CC3)OCCO4)c2)C(=O)CC1c1cccc(F)c1. The van der Waals surface area contributed by atoms with Crippen molar-refractivity contribution >= 4 is 17.8 Å². The highest BCUT2D eigenvalue weighted by Crippen LogP contribution is 2.38. The van der Waals surface area contributed by atoms with E-state index in [1.807, 2.05) is 6.07 Å². The maximum Gasteiger partial charge on any atom is 0.336 e.